The molecule has 21 heavy (non-hydrogen) atoms. The summed E-state index contributed by atoms with van der Waals surface area (Å²) in [6.07, 6.45) is 0. The Morgan fingerprint density at radius 3 is 2.48 bits per heavy atom. The van der Waals surface area contributed by atoms with Crippen LogP contribution in [0.2, 0.25) is 5.02 Å². The van der Waals surface area contributed by atoms with Gasteiger partial charge in [-0.25, -0.2) is 4.39 Å². The summed E-state index contributed by atoms with van der Waals surface area (Å²) in [7, 11) is 2.99. The summed E-state index contributed by atoms with van der Waals surface area (Å²) in [6, 6.07) is 7.65. The first-order valence-corrected chi connectivity index (χ1v) is 7.28. The Labute approximate surface area is 135 Å². The Hall–Kier alpha value is -1.30. The Balaban J connectivity index is 2.56. The van der Waals surface area contributed by atoms with Crippen LogP contribution in [0.15, 0.2) is 34.8 Å². The van der Waals surface area contributed by atoms with Gasteiger partial charge in [-0.05, 0) is 34.1 Å². The molecule has 1 unspecified atom stereocenters. The highest BCUT2D eigenvalue weighted by Crippen LogP contribution is 2.41. The first-order valence-electron chi connectivity index (χ1n) is 6.11. The van der Waals surface area contributed by atoms with E-state index in [0.717, 1.165) is 0 Å². The Kier molecular flexibility index (Phi) is 5.08. The van der Waals surface area contributed by atoms with Crippen LogP contribution in [0.5, 0.6) is 11.5 Å². The fourth-order valence-corrected chi connectivity index (χ4v) is 2.80. The number of nitrogens with two attached hydrogens (primary N) is 1. The summed E-state index contributed by atoms with van der Waals surface area (Å²) in [4.78, 5) is 0. The number of hydrogen-bond acceptors (Lipinski definition) is 3. The second kappa shape index (κ2) is 6.64. The maximum Gasteiger partial charge on any atom is 0.146 e. The molecule has 1 atom stereocenters. The highest BCUT2D eigenvalue weighted by Gasteiger charge is 2.22. The molecule has 0 amide bonds. The van der Waals surface area contributed by atoms with Gasteiger partial charge >= 0.3 is 0 Å². The molecule has 0 spiro atoms. The molecule has 0 heterocycles. The molecule has 0 aliphatic heterocycles. The van der Waals surface area contributed by atoms with E-state index in [1.807, 2.05) is 0 Å². The molecule has 0 saturated heterocycles. The number of rotatable bonds is 4. The normalized spacial score (nSPS) is 12.1. The van der Waals surface area contributed by atoms with Crippen molar-refractivity contribution in [1.82, 2.24) is 0 Å². The lowest BCUT2D eigenvalue weighted by Gasteiger charge is -2.19. The molecule has 0 radical (unpaired) electrons. The molecule has 0 fully saturated rings. The van der Waals surface area contributed by atoms with Gasteiger partial charge in [0.2, 0.25) is 0 Å². The van der Waals surface area contributed by atoms with Gasteiger partial charge in [-0.2, -0.15) is 0 Å². The average molecular weight is 375 g/mol. The van der Waals surface area contributed by atoms with E-state index in [1.165, 1.54) is 14.2 Å². The van der Waals surface area contributed by atoms with Crippen molar-refractivity contribution < 1.29 is 13.9 Å². The van der Waals surface area contributed by atoms with Crippen molar-refractivity contribution in [2.75, 3.05) is 14.2 Å². The zero-order valence-corrected chi connectivity index (χ0v) is 13.8. The summed E-state index contributed by atoms with van der Waals surface area (Å²) in [5.41, 5.74) is 7.12. The zero-order chi connectivity index (χ0) is 15.6. The molecule has 2 aromatic rings. The van der Waals surface area contributed by atoms with E-state index in [2.05, 4.69) is 15.9 Å². The molecule has 3 nitrogen and oxygen atoms in total. The minimum atomic E-state index is -0.708. The quantitative estimate of drug-likeness (QED) is 0.867. The van der Waals surface area contributed by atoms with Crippen LogP contribution in [0.3, 0.4) is 0 Å². The van der Waals surface area contributed by atoms with E-state index in [-0.39, 0.29) is 0 Å². The second-order valence-corrected chi connectivity index (χ2v) is 5.56. The van der Waals surface area contributed by atoms with Gasteiger partial charge in [0.25, 0.3) is 0 Å². The molecule has 0 aliphatic rings. The van der Waals surface area contributed by atoms with Crippen LogP contribution >= 0.6 is 27.5 Å². The predicted octanol–water partition coefficient (Wildman–Crippen LogP) is 4.31. The van der Waals surface area contributed by atoms with Gasteiger partial charge in [0.15, 0.2) is 0 Å². The standard InChI is InChI=1S/C15H14BrClFNO2/c1-20-11-7-6-9(15(21-2)12(11)17)14(19)8-4-3-5-10(16)13(8)18/h3-7,14H,19H2,1-2H3. The maximum atomic E-state index is 14.2. The third-order valence-corrected chi connectivity index (χ3v) is 4.14. The fraction of sp³-hybridized carbons (Fsp3) is 0.200. The third kappa shape index (κ3) is 3.00. The lowest BCUT2D eigenvalue weighted by molar-refractivity contribution is 0.390. The first kappa shape index (κ1) is 16.1. The third-order valence-electron chi connectivity index (χ3n) is 3.17. The number of benzene rings is 2. The van der Waals surface area contributed by atoms with E-state index in [4.69, 9.17) is 26.8 Å². The van der Waals surface area contributed by atoms with Crippen molar-refractivity contribution in [3.05, 3.63) is 56.8 Å². The van der Waals surface area contributed by atoms with Crippen molar-refractivity contribution in [3.63, 3.8) is 0 Å². The smallest absolute Gasteiger partial charge is 0.146 e. The van der Waals surface area contributed by atoms with Gasteiger partial charge in [0, 0.05) is 11.1 Å². The molecule has 0 saturated carbocycles. The molecule has 0 bridgehead atoms. The molecular weight excluding hydrogens is 361 g/mol. The van der Waals surface area contributed by atoms with Crippen molar-refractivity contribution in [1.29, 1.82) is 0 Å². The van der Waals surface area contributed by atoms with Crippen LogP contribution in [-0.2, 0) is 0 Å². The van der Waals surface area contributed by atoms with Gasteiger partial charge in [-0.3, -0.25) is 0 Å². The Morgan fingerprint density at radius 2 is 1.86 bits per heavy atom. The summed E-state index contributed by atoms with van der Waals surface area (Å²) >= 11 is 9.36. The maximum absolute atomic E-state index is 14.2. The van der Waals surface area contributed by atoms with E-state index in [9.17, 15) is 4.39 Å². The summed E-state index contributed by atoms with van der Waals surface area (Å²) < 4.78 is 25.0. The summed E-state index contributed by atoms with van der Waals surface area (Å²) in [6.45, 7) is 0. The molecule has 0 aliphatic carbocycles. The monoisotopic (exact) mass is 373 g/mol. The van der Waals surface area contributed by atoms with Gasteiger partial charge in [0.1, 0.15) is 22.3 Å². The highest BCUT2D eigenvalue weighted by molar-refractivity contribution is 9.10. The minimum absolute atomic E-state index is 0.309. The molecule has 112 valence electrons. The van der Waals surface area contributed by atoms with Gasteiger partial charge in [0.05, 0.1) is 24.7 Å². The van der Waals surface area contributed by atoms with Crippen molar-refractivity contribution in [3.8, 4) is 11.5 Å². The predicted molar refractivity (Wildman–Crippen MR) is 84.7 cm³/mol. The number of methoxy groups -OCH3 is 2. The van der Waals surface area contributed by atoms with Crippen molar-refractivity contribution >= 4 is 27.5 Å². The number of hydrogen-bond donors (Lipinski definition) is 1. The zero-order valence-electron chi connectivity index (χ0n) is 11.5. The van der Waals surface area contributed by atoms with Crippen molar-refractivity contribution in [2.24, 2.45) is 5.73 Å². The average Bonchev–Trinajstić information content (AvgIpc) is 2.49. The van der Waals surface area contributed by atoms with Crippen LogP contribution < -0.4 is 15.2 Å². The van der Waals surface area contributed by atoms with Gasteiger partial charge < -0.3 is 15.2 Å². The Morgan fingerprint density at radius 1 is 1.14 bits per heavy atom. The second-order valence-electron chi connectivity index (χ2n) is 4.32. The summed E-state index contributed by atoms with van der Waals surface area (Å²) in [5.74, 6) is 0.445. The molecule has 2 N–H and O–H groups in total. The molecule has 6 heteroatoms. The highest BCUT2D eigenvalue weighted by atomic mass is 79.9. The van der Waals surface area contributed by atoms with Gasteiger partial charge in [-0.1, -0.05) is 23.7 Å². The van der Waals surface area contributed by atoms with Crippen LogP contribution in [0, 0.1) is 5.82 Å². The molecule has 2 aromatic carbocycles. The minimum Gasteiger partial charge on any atom is -0.495 e. The van der Waals surface area contributed by atoms with Crippen LogP contribution in [0.1, 0.15) is 17.2 Å². The van der Waals surface area contributed by atoms with Crippen LogP contribution in [-0.4, -0.2) is 14.2 Å². The SMILES string of the molecule is COc1ccc(C(N)c2cccc(Br)c2F)c(OC)c1Cl. The van der Waals surface area contributed by atoms with E-state index in [0.29, 0.717) is 32.1 Å². The largest absolute Gasteiger partial charge is 0.495 e. The van der Waals surface area contributed by atoms with Crippen molar-refractivity contribution in [2.45, 2.75) is 6.04 Å². The van der Waals surface area contributed by atoms with Crippen LogP contribution in [0.25, 0.3) is 0 Å². The van der Waals surface area contributed by atoms with E-state index >= 15 is 0 Å². The fourth-order valence-electron chi connectivity index (χ4n) is 2.09. The Bertz CT molecular complexity index is 666. The molecule has 2 rings (SSSR count). The van der Waals surface area contributed by atoms with E-state index < -0.39 is 11.9 Å². The molecular formula is C15H14BrClFNO2. The summed E-state index contributed by atoms with van der Waals surface area (Å²) in [5, 5.41) is 0.309. The topological polar surface area (TPSA) is 44.5 Å². The first-order chi connectivity index (χ1) is 10.0. The van der Waals surface area contributed by atoms with Gasteiger partial charge in [-0.15, -0.1) is 0 Å². The number of ether oxygens (including phenoxy) is 2. The lowest BCUT2D eigenvalue weighted by atomic mass is 9.98. The van der Waals surface area contributed by atoms with Crippen LogP contribution in [0.4, 0.5) is 4.39 Å². The van der Waals surface area contributed by atoms with E-state index in [1.54, 1.807) is 30.3 Å². The number of halogens is 3. The molecule has 0 aromatic heterocycles. The lowest BCUT2D eigenvalue weighted by Crippen LogP contribution is -2.15.